The van der Waals surface area contributed by atoms with E-state index in [-0.39, 0.29) is 0 Å². The van der Waals surface area contributed by atoms with Crippen LogP contribution in [-0.2, 0) is 5.60 Å². The Hall–Kier alpha value is -1.12. The highest BCUT2D eigenvalue weighted by atomic mass is 16.3. The number of hydrogen-bond donors (Lipinski definition) is 1. The number of rotatable bonds is 5. The van der Waals surface area contributed by atoms with Gasteiger partial charge in [-0.1, -0.05) is 48.9 Å². The predicted molar refractivity (Wildman–Crippen MR) is 94.1 cm³/mol. The Balaban J connectivity index is 1.55. The van der Waals surface area contributed by atoms with E-state index >= 15 is 0 Å². The lowest BCUT2D eigenvalue weighted by atomic mass is 9.72. The van der Waals surface area contributed by atoms with Crippen LogP contribution in [0.1, 0.15) is 44.1 Å². The summed E-state index contributed by atoms with van der Waals surface area (Å²) in [5.41, 5.74) is 0.464. The van der Waals surface area contributed by atoms with Crippen molar-refractivity contribution < 1.29 is 5.11 Å². The molecule has 4 rings (SSSR count). The van der Waals surface area contributed by atoms with Crippen molar-refractivity contribution >= 4 is 0 Å². The van der Waals surface area contributed by atoms with Gasteiger partial charge in [-0.25, -0.2) is 0 Å². The molecule has 1 saturated heterocycles. The van der Waals surface area contributed by atoms with E-state index < -0.39 is 5.60 Å². The van der Waals surface area contributed by atoms with Crippen molar-refractivity contribution in [3.63, 3.8) is 0 Å². The van der Waals surface area contributed by atoms with Gasteiger partial charge in [-0.3, -0.25) is 0 Å². The van der Waals surface area contributed by atoms with Gasteiger partial charge in [-0.15, -0.1) is 0 Å². The molecule has 23 heavy (non-hydrogen) atoms. The molecule has 1 heterocycles. The molecular formula is C21H29NO. The molecular weight excluding hydrogens is 282 g/mol. The molecule has 1 aromatic carbocycles. The number of aliphatic hydroxyl groups is 1. The topological polar surface area (TPSA) is 23.5 Å². The average Bonchev–Trinajstić information content (AvgIpc) is 3.25. The minimum absolute atomic E-state index is 0.393. The van der Waals surface area contributed by atoms with Gasteiger partial charge in [0.05, 0.1) is 5.60 Å². The van der Waals surface area contributed by atoms with Gasteiger partial charge in [-0.2, -0.15) is 0 Å². The van der Waals surface area contributed by atoms with Crippen LogP contribution in [0.3, 0.4) is 0 Å². The van der Waals surface area contributed by atoms with Crippen LogP contribution in [0, 0.1) is 17.8 Å². The van der Waals surface area contributed by atoms with Gasteiger partial charge < -0.3 is 10.0 Å². The maximum absolute atomic E-state index is 11.8. The number of fused-ring (bicyclic) bond motifs is 2. The Bertz CT molecular complexity index is 548. The molecule has 1 aliphatic heterocycles. The minimum Gasteiger partial charge on any atom is -0.385 e. The summed E-state index contributed by atoms with van der Waals surface area (Å²) >= 11 is 0. The van der Waals surface area contributed by atoms with Crippen molar-refractivity contribution in [3.05, 3.63) is 48.0 Å². The Kier molecular flexibility index (Phi) is 4.29. The third-order valence-corrected chi connectivity index (χ3v) is 6.42. The van der Waals surface area contributed by atoms with Crippen molar-refractivity contribution in [2.75, 3.05) is 19.6 Å². The highest BCUT2D eigenvalue weighted by Crippen LogP contribution is 2.52. The highest BCUT2D eigenvalue weighted by molar-refractivity contribution is 5.27. The van der Waals surface area contributed by atoms with E-state index in [2.05, 4.69) is 47.4 Å². The van der Waals surface area contributed by atoms with Crippen molar-refractivity contribution in [2.24, 2.45) is 17.8 Å². The number of allylic oxidation sites excluding steroid dienone is 2. The molecule has 2 nitrogen and oxygen atoms in total. The third-order valence-electron chi connectivity index (χ3n) is 6.42. The van der Waals surface area contributed by atoms with Crippen molar-refractivity contribution in [2.45, 2.75) is 44.1 Å². The van der Waals surface area contributed by atoms with Crippen molar-refractivity contribution in [1.29, 1.82) is 0 Å². The van der Waals surface area contributed by atoms with E-state index in [1.807, 2.05) is 0 Å². The van der Waals surface area contributed by atoms with Crippen molar-refractivity contribution in [1.82, 2.24) is 4.90 Å². The highest BCUT2D eigenvalue weighted by Gasteiger charge is 2.48. The first kappa shape index (κ1) is 15.4. The summed E-state index contributed by atoms with van der Waals surface area (Å²) in [6.45, 7) is 3.45. The van der Waals surface area contributed by atoms with Crippen LogP contribution in [0.2, 0.25) is 0 Å². The summed E-state index contributed by atoms with van der Waals surface area (Å²) < 4.78 is 0. The average molecular weight is 311 g/mol. The minimum atomic E-state index is -0.664. The van der Waals surface area contributed by atoms with Gasteiger partial charge >= 0.3 is 0 Å². The van der Waals surface area contributed by atoms with Gasteiger partial charge in [0.2, 0.25) is 0 Å². The van der Waals surface area contributed by atoms with Gasteiger partial charge in [0.15, 0.2) is 0 Å². The first-order valence-corrected chi connectivity index (χ1v) is 9.44. The fourth-order valence-electron chi connectivity index (χ4n) is 5.11. The van der Waals surface area contributed by atoms with Crippen LogP contribution in [0.25, 0.3) is 0 Å². The van der Waals surface area contributed by atoms with Crippen LogP contribution in [0.5, 0.6) is 0 Å². The van der Waals surface area contributed by atoms with Gasteiger partial charge in [0.1, 0.15) is 0 Å². The predicted octanol–water partition coefficient (Wildman–Crippen LogP) is 3.96. The SMILES string of the molecule is O[C@@](CCN1CCCCC1)(c1ccccc1)[C@@H]1C[C@@H]2C=C[C@@H]1C2. The first-order chi connectivity index (χ1) is 11.3. The second-order valence-corrected chi connectivity index (χ2v) is 7.83. The lowest BCUT2D eigenvalue weighted by Gasteiger charge is -2.40. The summed E-state index contributed by atoms with van der Waals surface area (Å²) in [5, 5.41) is 11.8. The summed E-state index contributed by atoms with van der Waals surface area (Å²) in [5.74, 6) is 1.67. The van der Waals surface area contributed by atoms with E-state index in [0.29, 0.717) is 17.8 Å². The van der Waals surface area contributed by atoms with Gasteiger partial charge in [-0.05, 0) is 68.5 Å². The molecule has 2 aliphatic carbocycles. The number of benzene rings is 1. The Morgan fingerprint density at radius 3 is 2.43 bits per heavy atom. The molecule has 3 aliphatic rings. The molecule has 0 amide bonds. The summed E-state index contributed by atoms with van der Waals surface area (Å²) in [6, 6.07) is 10.5. The summed E-state index contributed by atoms with van der Waals surface area (Å²) in [4.78, 5) is 2.56. The fourth-order valence-corrected chi connectivity index (χ4v) is 5.11. The number of nitrogens with zero attached hydrogens (tertiary/aromatic N) is 1. The van der Waals surface area contributed by atoms with E-state index in [9.17, 15) is 5.11 Å². The van der Waals surface area contributed by atoms with Crippen LogP contribution in [0.15, 0.2) is 42.5 Å². The first-order valence-electron chi connectivity index (χ1n) is 9.44. The van der Waals surface area contributed by atoms with Crippen LogP contribution < -0.4 is 0 Å². The molecule has 2 bridgehead atoms. The smallest absolute Gasteiger partial charge is 0.0942 e. The second-order valence-electron chi connectivity index (χ2n) is 7.83. The molecule has 124 valence electrons. The second kappa shape index (κ2) is 6.41. The van der Waals surface area contributed by atoms with E-state index in [1.165, 1.54) is 38.8 Å². The van der Waals surface area contributed by atoms with E-state index in [1.54, 1.807) is 0 Å². The van der Waals surface area contributed by atoms with Crippen molar-refractivity contribution in [3.8, 4) is 0 Å². The summed E-state index contributed by atoms with van der Waals surface area (Å²) in [7, 11) is 0. The standard InChI is InChI=1S/C21H29NO/c23-21(19-7-3-1-4-8-19,11-14-22-12-5-2-6-13-22)20-16-17-9-10-18(20)15-17/h1,3-4,7-10,17-18,20,23H,2,5-6,11-16H2/t17-,18-,20-,21+/m1/s1. The quantitative estimate of drug-likeness (QED) is 0.832. The number of hydrogen-bond acceptors (Lipinski definition) is 2. The summed E-state index contributed by atoms with van der Waals surface area (Å²) in [6.07, 6.45) is 12.0. The maximum Gasteiger partial charge on any atom is 0.0942 e. The normalized spacial score (nSPS) is 33.0. The molecule has 1 saturated carbocycles. The molecule has 0 radical (unpaired) electrons. The molecule has 0 spiro atoms. The fraction of sp³-hybridized carbons (Fsp3) is 0.619. The van der Waals surface area contributed by atoms with Crippen LogP contribution >= 0.6 is 0 Å². The maximum atomic E-state index is 11.8. The molecule has 0 unspecified atom stereocenters. The molecule has 2 fully saturated rings. The van der Waals surface area contributed by atoms with Crippen LogP contribution in [-0.4, -0.2) is 29.6 Å². The molecule has 4 atom stereocenters. The Morgan fingerprint density at radius 1 is 1.00 bits per heavy atom. The molecule has 2 heteroatoms. The monoisotopic (exact) mass is 311 g/mol. The van der Waals surface area contributed by atoms with Crippen LogP contribution in [0.4, 0.5) is 0 Å². The third kappa shape index (κ3) is 2.99. The Labute approximate surface area is 140 Å². The number of piperidine rings is 1. The number of likely N-dealkylation sites (tertiary alicyclic amines) is 1. The van der Waals surface area contributed by atoms with Gasteiger partial charge in [0.25, 0.3) is 0 Å². The molecule has 0 aromatic heterocycles. The van der Waals surface area contributed by atoms with Gasteiger partial charge in [0, 0.05) is 6.54 Å². The lowest BCUT2D eigenvalue weighted by Crippen LogP contribution is -2.42. The molecule has 1 aromatic rings. The van der Waals surface area contributed by atoms with E-state index in [4.69, 9.17) is 0 Å². The lowest BCUT2D eigenvalue weighted by molar-refractivity contribution is -0.0495. The molecule has 1 N–H and O–H groups in total. The zero-order valence-corrected chi connectivity index (χ0v) is 14.0. The zero-order valence-electron chi connectivity index (χ0n) is 14.0. The largest absolute Gasteiger partial charge is 0.385 e. The van der Waals surface area contributed by atoms with E-state index in [0.717, 1.165) is 24.9 Å². The Morgan fingerprint density at radius 2 is 1.78 bits per heavy atom. The zero-order chi connectivity index (χ0) is 15.7.